The second-order valence-corrected chi connectivity index (χ2v) is 5.54. The Balaban J connectivity index is 2.05. The Morgan fingerprint density at radius 2 is 2.17 bits per heavy atom. The highest BCUT2D eigenvalue weighted by atomic mass is 19.4. The quantitative estimate of drug-likeness (QED) is 0.907. The van der Waals surface area contributed by atoms with Crippen molar-refractivity contribution in [2.45, 2.75) is 24.7 Å². The number of nitrogens with zero attached hydrogens (tertiary/aromatic N) is 2. The van der Waals surface area contributed by atoms with Gasteiger partial charge >= 0.3 is 6.18 Å². The van der Waals surface area contributed by atoms with Crippen molar-refractivity contribution in [1.82, 2.24) is 15.1 Å². The molecule has 0 saturated heterocycles. The van der Waals surface area contributed by atoms with Crippen LogP contribution >= 0.6 is 0 Å². The van der Waals surface area contributed by atoms with Crippen molar-refractivity contribution in [3.8, 4) is 0 Å². The van der Waals surface area contributed by atoms with Gasteiger partial charge in [0, 0.05) is 31.4 Å². The summed E-state index contributed by atoms with van der Waals surface area (Å²) in [5.74, 6) is -2.33. The van der Waals surface area contributed by atoms with Crippen LogP contribution in [0, 0.1) is 0 Å². The van der Waals surface area contributed by atoms with E-state index in [1.807, 2.05) is 0 Å². The molecule has 8 heteroatoms. The molecule has 0 radical (unpaired) electrons. The number of hydrogen-bond acceptors (Lipinski definition) is 3. The van der Waals surface area contributed by atoms with E-state index in [0.717, 1.165) is 0 Å². The normalized spacial score (nSPS) is 18.7. The van der Waals surface area contributed by atoms with Gasteiger partial charge in [0.15, 0.2) is 0 Å². The Morgan fingerprint density at radius 1 is 1.43 bits per heavy atom. The minimum atomic E-state index is -4.44. The van der Waals surface area contributed by atoms with Crippen molar-refractivity contribution in [3.05, 3.63) is 52.8 Å². The highest BCUT2D eigenvalue weighted by Gasteiger charge is 2.49. The van der Waals surface area contributed by atoms with Crippen LogP contribution in [0.4, 0.5) is 13.2 Å². The van der Waals surface area contributed by atoms with Gasteiger partial charge in [-0.15, -0.1) is 0 Å². The molecule has 0 bridgehead atoms. The largest absolute Gasteiger partial charge is 0.399 e. The Labute approximate surface area is 130 Å². The summed E-state index contributed by atoms with van der Waals surface area (Å²) < 4.78 is 42.2. The van der Waals surface area contributed by atoms with Gasteiger partial charge in [0.05, 0.1) is 5.69 Å². The molecule has 0 fully saturated rings. The van der Waals surface area contributed by atoms with E-state index in [1.165, 1.54) is 36.1 Å². The molecule has 3 N–H and O–H groups in total. The maximum Gasteiger partial charge on any atom is 0.399 e. The Hall–Kier alpha value is -2.35. The van der Waals surface area contributed by atoms with Crippen molar-refractivity contribution in [2.75, 3.05) is 0 Å². The number of aromatic nitrogens is 2. The number of nitrogens with one attached hydrogen (secondary N) is 1. The SMILES string of the molecule is Cn1nccc1[C@@H](C1NCc2cc(C(N)=O)ccc21)C(F)(F)F. The fourth-order valence-electron chi connectivity index (χ4n) is 3.06. The molecular weight excluding hydrogens is 309 g/mol. The van der Waals surface area contributed by atoms with E-state index in [2.05, 4.69) is 10.4 Å². The van der Waals surface area contributed by atoms with Crippen molar-refractivity contribution in [1.29, 1.82) is 0 Å². The van der Waals surface area contributed by atoms with Gasteiger partial charge in [0.25, 0.3) is 0 Å². The van der Waals surface area contributed by atoms with Crippen molar-refractivity contribution in [3.63, 3.8) is 0 Å². The molecule has 23 heavy (non-hydrogen) atoms. The Bertz CT molecular complexity index is 753. The predicted octanol–water partition coefficient (Wildman–Crippen LogP) is 2.01. The number of halogens is 3. The molecule has 1 unspecified atom stereocenters. The summed E-state index contributed by atoms with van der Waals surface area (Å²) in [6, 6.07) is 4.98. The van der Waals surface area contributed by atoms with E-state index < -0.39 is 24.0 Å². The number of benzene rings is 1. The molecular formula is C15H15F3N4O. The Morgan fingerprint density at radius 3 is 2.74 bits per heavy atom. The average Bonchev–Trinajstić information content (AvgIpc) is 3.05. The van der Waals surface area contributed by atoms with Gasteiger partial charge < -0.3 is 11.1 Å². The lowest BCUT2D eigenvalue weighted by molar-refractivity contribution is -0.158. The maximum atomic E-state index is 13.7. The molecule has 1 aromatic heterocycles. The van der Waals surface area contributed by atoms with Gasteiger partial charge in [-0.1, -0.05) is 6.07 Å². The van der Waals surface area contributed by atoms with Crippen molar-refractivity contribution >= 4 is 5.91 Å². The molecule has 5 nitrogen and oxygen atoms in total. The van der Waals surface area contributed by atoms with Gasteiger partial charge in [0.1, 0.15) is 5.92 Å². The van der Waals surface area contributed by atoms with Crippen LogP contribution in [0.5, 0.6) is 0 Å². The number of fused-ring (bicyclic) bond motifs is 1. The van der Waals surface area contributed by atoms with Gasteiger partial charge in [-0.25, -0.2) is 0 Å². The monoisotopic (exact) mass is 324 g/mol. The summed E-state index contributed by atoms with van der Waals surface area (Å²) in [5.41, 5.74) is 6.77. The summed E-state index contributed by atoms with van der Waals surface area (Å²) in [6.07, 6.45) is -3.09. The van der Waals surface area contributed by atoms with Crippen LogP contribution in [0.25, 0.3) is 0 Å². The molecule has 1 aliphatic heterocycles. The first kappa shape index (κ1) is 15.5. The van der Waals surface area contributed by atoms with Crippen molar-refractivity contribution in [2.24, 2.45) is 12.8 Å². The van der Waals surface area contributed by atoms with Crippen LogP contribution in [0.3, 0.4) is 0 Å². The number of aryl methyl sites for hydroxylation is 1. The van der Waals surface area contributed by atoms with Crippen LogP contribution in [0.1, 0.15) is 39.1 Å². The van der Waals surface area contributed by atoms with E-state index >= 15 is 0 Å². The zero-order chi connectivity index (χ0) is 16.8. The van der Waals surface area contributed by atoms with Crippen LogP contribution < -0.4 is 11.1 Å². The molecule has 1 amide bonds. The molecule has 2 aromatic rings. The molecule has 1 aromatic carbocycles. The minimum Gasteiger partial charge on any atom is -0.366 e. The van der Waals surface area contributed by atoms with Crippen LogP contribution in [-0.4, -0.2) is 21.9 Å². The molecule has 0 saturated carbocycles. The number of nitrogens with two attached hydrogens (primary N) is 1. The third-order valence-corrected chi connectivity index (χ3v) is 4.14. The molecule has 2 heterocycles. The fourth-order valence-corrected chi connectivity index (χ4v) is 3.06. The topological polar surface area (TPSA) is 72.9 Å². The van der Waals surface area contributed by atoms with Gasteiger partial charge in [-0.05, 0) is 29.3 Å². The number of amides is 1. The number of hydrogen-bond donors (Lipinski definition) is 2. The van der Waals surface area contributed by atoms with Crippen LogP contribution in [-0.2, 0) is 13.6 Å². The second-order valence-electron chi connectivity index (χ2n) is 5.54. The first-order valence-electron chi connectivity index (χ1n) is 6.99. The van der Waals surface area contributed by atoms with Gasteiger partial charge in [-0.3, -0.25) is 9.48 Å². The number of carbonyl (C=O) groups is 1. The highest BCUT2D eigenvalue weighted by Crippen LogP contribution is 2.46. The van der Waals surface area contributed by atoms with Gasteiger partial charge in [-0.2, -0.15) is 18.3 Å². The third kappa shape index (κ3) is 2.70. The lowest BCUT2D eigenvalue weighted by atomic mass is 9.89. The fraction of sp³-hybridized carbons (Fsp3) is 0.333. The summed E-state index contributed by atoms with van der Waals surface area (Å²) in [5, 5.41) is 6.74. The van der Waals surface area contributed by atoms with E-state index in [4.69, 9.17) is 5.73 Å². The van der Waals surface area contributed by atoms with Crippen molar-refractivity contribution < 1.29 is 18.0 Å². The molecule has 1 aliphatic rings. The number of carbonyl (C=O) groups excluding carboxylic acids is 1. The second kappa shape index (κ2) is 5.38. The zero-order valence-corrected chi connectivity index (χ0v) is 12.3. The molecule has 3 rings (SSSR count). The van der Waals surface area contributed by atoms with Crippen LogP contribution in [0.15, 0.2) is 30.5 Å². The van der Waals surface area contributed by atoms with Gasteiger partial charge in [0.2, 0.25) is 5.91 Å². The maximum absolute atomic E-state index is 13.7. The first-order chi connectivity index (χ1) is 10.8. The smallest absolute Gasteiger partial charge is 0.366 e. The Kier molecular flexibility index (Phi) is 3.63. The summed E-state index contributed by atoms with van der Waals surface area (Å²) in [4.78, 5) is 11.2. The molecule has 0 aliphatic carbocycles. The standard InChI is InChI=1S/C15H15F3N4O/c1-22-11(4-5-21-22)12(15(16,17)18)13-10-3-2-8(14(19)23)6-9(10)7-20-13/h2-6,12-13,20H,7H2,1H3,(H2,19,23)/t12-,13?/m0/s1. The summed E-state index contributed by atoms with van der Waals surface area (Å²) in [6.45, 7) is 0.256. The summed E-state index contributed by atoms with van der Waals surface area (Å²) in [7, 11) is 1.49. The van der Waals surface area contributed by atoms with E-state index in [-0.39, 0.29) is 17.8 Å². The number of primary amides is 1. The summed E-state index contributed by atoms with van der Waals surface area (Å²) >= 11 is 0. The third-order valence-electron chi connectivity index (χ3n) is 4.14. The number of rotatable bonds is 3. The lowest BCUT2D eigenvalue weighted by Gasteiger charge is -2.27. The number of alkyl halides is 3. The van der Waals surface area contributed by atoms with E-state index in [9.17, 15) is 18.0 Å². The first-order valence-corrected chi connectivity index (χ1v) is 6.99. The molecule has 2 atom stereocenters. The predicted molar refractivity (Wildman–Crippen MR) is 76.5 cm³/mol. The average molecular weight is 324 g/mol. The zero-order valence-electron chi connectivity index (χ0n) is 12.3. The lowest BCUT2D eigenvalue weighted by Crippen LogP contribution is -2.33. The highest BCUT2D eigenvalue weighted by molar-refractivity contribution is 5.93. The van der Waals surface area contributed by atoms with E-state index in [1.54, 1.807) is 6.07 Å². The minimum absolute atomic E-state index is 0.0850. The molecule has 122 valence electrons. The van der Waals surface area contributed by atoms with E-state index in [0.29, 0.717) is 11.1 Å². The van der Waals surface area contributed by atoms with Crippen LogP contribution in [0.2, 0.25) is 0 Å². The molecule has 0 spiro atoms.